The second-order valence-corrected chi connectivity index (χ2v) is 5.27. The van der Waals surface area contributed by atoms with Gasteiger partial charge >= 0.3 is 0 Å². The Morgan fingerprint density at radius 1 is 1.10 bits per heavy atom. The largest absolute Gasteiger partial charge is 0.398 e. The highest BCUT2D eigenvalue weighted by atomic mass is 79.9. The van der Waals surface area contributed by atoms with E-state index in [-0.39, 0.29) is 5.82 Å². The molecule has 0 unspecified atom stereocenters. The molecule has 3 N–H and O–H groups in total. The highest BCUT2D eigenvalue weighted by Crippen LogP contribution is 2.30. The Morgan fingerprint density at radius 2 is 1.95 bits per heavy atom. The molecule has 100 valence electrons. The van der Waals surface area contributed by atoms with Crippen molar-refractivity contribution in [3.05, 3.63) is 59.0 Å². The lowest BCUT2D eigenvalue weighted by molar-refractivity contribution is 0.631. The number of hydrogen-bond acceptors (Lipinski definition) is 3. The van der Waals surface area contributed by atoms with E-state index in [1.807, 2.05) is 12.1 Å². The molecule has 0 amide bonds. The first kappa shape index (κ1) is 12.9. The van der Waals surface area contributed by atoms with Crippen LogP contribution in [0.4, 0.5) is 21.5 Å². The minimum Gasteiger partial charge on any atom is -0.398 e. The molecule has 1 aromatic heterocycles. The molecule has 3 aromatic rings. The topological polar surface area (TPSA) is 50.9 Å². The molecular formula is C15H11BrFN3. The van der Waals surface area contributed by atoms with Crippen molar-refractivity contribution < 1.29 is 4.39 Å². The van der Waals surface area contributed by atoms with Crippen molar-refractivity contribution in [2.45, 2.75) is 0 Å². The van der Waals surface area contributed by atoms with Gasteiger partial charge in [-0.25, -0.2) is 4.39 Å². The van der Waals surface area contributed by atoms with Crippen molar-refractivity contribution in [3.8, 4) is 0 Å². The zero-order valence-electron chi connectivity index (χ0n) is 10.4. The Balaban J connectivity index is 2.11. The van der Waals surface area contributed by atoms with E-state index >= 15 is 0 Å². The molecular weight excluding hydrogens is 321 g/mol. The third-order valence-corrected chi connectivity index (χ3v) is 3.49. The van der Waals surface area contributed by atoms with E-state index in [0.717, 1.165) is 9.86 Å². The van der Waals surface area contributed by atoms with Gasteiger partial charge in [0.05, 0.1) is 16.9 Å². The first-order valence-corrected chi connectivity index (χ1v) is 6.80. The molecule has 0 aliphatic carbocycles. The Hall–Kier alpha value is -2.14. The molecule has 0 saturated heterocycles. The summed E-state index contributed by atoms with van der Waals surface area (Å²) in [5.74, 6) is -0.325. The monoisotopic (exact) mass is 331 g/mol. The third kappa shape index (κ3) is 2.32. The summed E-state index contributed by atoms with van der Waals surface area (Å²) in [5, 5.41) is 3.90. The number of hydrogen-bond donors (Lipinski definition) is 2. The Bertz CT molecular complexity index is 789. The minimum atomic E-state index is -0.325. The summed E-state index contributed by atoms with van der Waals surface area (Å²) in [6, 6.07) is 12.0. The highest BCUT2D eigenvalue weighted by Gasteiger charge is 2.08. The number of nitrogens with two attached hydrogens (primary N) is 1. The van der Waals surface area contributed by atoms with Crippen molar-refractivity contribution in [2.24, 2.45) is 0 Å². The number of nitrogens with one attached hydrogen (secondary N) is 1. The molecule has 3 rings (SSSR count). The lowest BCUT2D eigenvalue weighted by Gasteiger charge is -2.11. The summed E-state index contributed by atoms with van der Waals surface area (Å²) in [7, 11) is 0. The second-order valence-electron chi connectivity index (χ2n) is 4.35. The summed E-state index contributed by atoms with van der Waals surface area (Å²) in [5.41, 5.74) is 8.38. The maximum atomic E-state index is 13.8. The quantitative estimate of drug-likeness (QED) is 0.681. The van der Waals surface area contributed by atoms with Crippen molar-refractivity contribution >= 4 is 43.9 Å². The van der Waals surface area contributed by atoms with Crippen LogP contribution in [-0.2, 0) is 0 Å². The standard InChI is InChI=1S/C15H11BrFN3/c16-9-3-4-11(17)14(8-9)20-13-6-5-12(18)10-2-1-7-19-15(10)13/h1-8,20H,18H2. The van der Waals surface area contributed by atoms with Gasteiger partial charge in [-0.15, -0.1) is 0 Å². The predicted molar refractivity (Wildman–Crippen MR) is 83.5 cm³/mol. The first-order valence-electron chi connectivity index (χ1n) is 6.00. The molecule has 0 spiro atoms. The van der Waals surface area contributed by atoms with E-state index in [1.54, 1.807) is 30.5 Å². The summed E-state index contributed by atoms with van der Waals surface area (Å²) in [6.45, 7) is 0. The van der Waals surface area contributed by atoms with E-state index in [4.69, 9.17) is 5.73 Å². The smallest absolute Gasteiger partial charge is 0.146 e. The number of pyridine rings is 1. The van der Waals surface area contributed by atoms with Gasteiger partial charge in [-0.2, -0.15) is 0 Å². The second kappa shape index (κ2) is 5.09. The van der Waals surface area contributed by atoms with Crippen LogP contribution in [0.5, 0.6) is 0 Å². The summed E-state index contributed by atoms with van der Waals surface area (Å²) in [4.78, 5) is 4.31. The molecule has 3 nitrogen and oxygen atoms in total. The molecule has 1 heterocycles. The Kier molecular flexibility index (Phi) is 3.28. The van der Waals surface area contributed by atoms with Gasteiger partial charge < -0.3 is 11.1 Å². The number of nitrogens with zero attached hydrogens (tertiary/aromatic N) is 1. The number of benzene rings is 2. The summed E-state index contributed by atoms with van der Waals surface area (Å²) >= 11 is 3.33. The average Bonchev–Trinajstić information content (AvgIpc) is 2.46. The molecule has 0 aliphatic rings. The molecule has 0 radical (unpaired) electrons. The summed E-state index contributed by atoms with van der Waals surface area (Å²) in [6.07, 6.45) is 1.68. The van der Waals surface area contributed by atoms with Gasteiger partial charge in [0.2, 0.25) is 0 Å². The lowest BCUT2D eigenvalue weighted by Crippen LogP contribution is -1.97. The number of anilines is 3. The predicted octanol–water partition coefficient (Wildman–Crippen LogP) is 4.46. The van der Waals surface area contributed by atoms with Crippen LogP contribution in [0.25, 0.3) is 10.9 Å². The van der Waals surface area contributed by atoms with Gasteiger partial charge in [0, 0.05) is 21.7 Å². The van der Waals surface area contributed by atoms with Crippen LogP contribution in [-0.4, -0.2) is 4.98 Å². The molecule has 20 heavy (non-hydrogen) atoms. The number of fused-ring (bicyclic) bond motifs is 1. The summed E-state index contributed by atoms with van der Waals surface area (Å²) < 4.78 is 14.6. The minimum absolute atomic E-state index is 0.325. The lowest BCUT2D eigenvalue weighted by atomic mass is 10.1. The average molecular weight is 332 g/mol. The normalized spacial score (nSPS) is 10.7. The molecule has 0 saturated carbocycles. The van der Waals surface area contributed by atoms with Crippen LogP contribution in [0.2, 0.25) is 0 Å². The maximum absolute atomic E-state index is 13.8. The molecule has 0 aliphatic heterocycles. The van der Waals surface area contributed by atoms with Gasteiger partial charge in [-0.05, 0) is 42.5 Å². The van der Waals surface area contributed by atoms with Crippen molar-refractivity contribution in [1.29, 1.82) is 0 Å². The van der Waals surface area contributed by atoms with Crippen LogP contribution in [0, 0.1) is 5.82 Å². The van der Waals surface area contributed by atoms with Crippen LogP contribution in [0.3, 0.4) is 0 Å². The first-order chi connectivity index (χ1) is 9.65. The third-order valence-electron chi connectivity index (χ3n) is 3.00. The van der Waals surface area contributed by atoms with Crippen molar-refractivity contribution in [3.63, 3.8) is 0 Å². The van der Waals surface area contributed by atoms with E-state index in [1.165, 1.54) is 6.07 Å². The molecule has 0 fully saturated rings. The van der Waals surface area contributed by atoms with Crippen LogP contribution >= 0.6 is 15.9 Å². The zero-order valence-corrected chi connectivity index (χ0v) is 12.0. The highest BCUT2D eigenvalue weighted by molar-refractivity contribution is 9.10. The number of rotatable bonds is 2. The Labute approximate surface area is 123 Å². The fraction of sp³-hybridized carbons (Fsp3) is 0. The SMILES string of the molecule is Nc1ccc(Nc2cc(Br)ccc2F)c2ncccc12. The van der Waals surface area contributed by atoms with Crippen LogP contribution in [0.15, 0.2) is 53.1 Å². The van der Waals surface area contributed by atoms with Crippen molar-refractivity contribution in [2.75, 3.05) is 11.1 Å². The Morgan fingerprint density at radius 3 is 2.80 bits per heavy atom. The number of aromatic nitrogens is 1. The van der Waals surface area contributed by atoms with Gasteiger partial charge in [0.1, 0.15) is 5.82 Å². The molecule has 2 aromatic carbocycles. The van der Waals surface area contributed by atoms with Crippen LogP contribution < -0.4 is 11.1 Å². The molecule has 0 atom stereocenters. The zero-order chi connectivity index (χ0) is 14.1. The van der Waals surface area contributed by atoms with Gasteiger partial charge in [-0.3, -0.25) is 4.98 Å². The molecule has 5 heteroatoms. The van der Waals surface area contributed by atoms with E-state index in [2.05, 4.69) is 26.2 Å². The fourth-order valence-corrected chi connectivity index (χ4v) is 2.40. The number of halogens is 2. The van der Waals surface area contributed by atoms with E-state index in [0.29, 0.717) is 22.6 Å². The van der Waals surface area contributed by atoms with E-state index < -0.39 is 0 Å². The van der Waals surface area contributed by atoms with Gasteiger partial charge in [0.25, 0.3) is 0 Å². The van der Waals surface area contributed by atoms with Gasteiger partial charge in [-0.1, -0.05) is 15.9 Å². The molecule has 0 bridgehead atoms. The van der Waals surface area contributed by atoms with Crippen molar-refractivity contribution in [1.82, 2.24) is 4.98 Å². The fourth-order valence-electron chi connectivity index (χ4n) is 2.03. The van der Waals surface area contributed by atoms with Gasteiger partial charge in [0.15, 0.2) is 0 Å². The van der Waals surface area contributed by atoms with E-state index in [9.17, 15) is 4.39 Å². The number of nitrogen functional groups attached to an aromatic ring is 1. The maximum Gasteiger partial charge on any atom is 0.146 e. The van der Waals surface area contributed by atoms with Crippen LogP contribution in [0.1, 0.15) is 0 Å².